The average Bonchev–Trinajstić information content (AvgIpc) is 2.65. The topological polar surface area (TPSA) is 41.6 Å². The van der Waals surface area contributed by atoms with Crippen LogP contribution in [0.5, 0.6) is 5.75 Å². The van der Waals surface area contributed by atoms with Gasteiger partial charge in [-0.1, -0.05) is 30.3 Å². The molecule has 0 bridgehead atoms. The predicted octanol–water partition coefficient (Wildman–Crippen LogP) is 3.15. The van der Waals surface area contributed by atoms with E-state index in [1.54, 1.807) is 7.11 Å². The van der Waals surface area contributed by atoms with Crippen LogP contribution in [0.2, 0.25) is 0 Å². The molecule has 1 atom stereocenters. The van der Waals surface area contributed by atoms with Gasteiger partial charge in [0.2, 0.25) is 5.91 Å². The van der Waals surface area contributed by atoms with E-state index in [-0.39, 0.29) is 11.9 Å². The summed E-state index contributed by atoms with van der Waals surface area (Å²) in [4.78, 5) is 14.8. The van der Waals surface area contributed by atoms with Crippen molar-refractivity contribution < 1.29 is 9.53 Å². The number of hydrogen-bond acceptors (Lipinski definition) is 3. The van der Waals surface area contributed by atoms with Crippen molar-refractivity contribution in [3.05, 3.63) is 59.7 Å². The quantitative estimate of drug-likeness (QED) is 0.918. The SMILES string of the molecule is COc1ccc(CNC(=O)C(C)N2CCCc3ccccc32)cc1. The minimum Gasteiger partial charge on any atom is -0.497 e. The summed E-state index contributed by atoms with van der Waals surface area (Å²) in [6, 6.07) is 16.0. The number of anilines is 1. The number of aryl methyl sites for hydroxylation is 1. The van der Waals surface area contributed by atoms with Crippen LogP contribution in [0.3, 0.4) is 0 Å². The van der Waals surface area contributed by atoms with Gasteiger partial charge in [0.15, 0.2) is 0 Å². The number of methoxy groups -OCH3 is 1. The van der Waals surface area contributed by atoms with Crippen LogP contribution in [0, 0.1) is 0 Å². The van der Waals surface area contributed by atoms with Crippen LogP contribution >= 0.6 is 0 Å². The van der Waals surface area contributed by atoms with Crippen LogP contribution < -0.4 is 15.0 Å². The fourth-order valence-electron chi connectivity index (χ4n) is 3.19. The van der Waals surface area contributed by atoms with Gasteiger partial charge in [-0.05, 0) is 49.1 Å². The monoisotopic (exact) mass is 324 g/mol. The molecule has 3 rings (SSSR count). The summed E-state index contributed by atoms with van der Waals surface area (Å²) in [5, 5.41) is 3.04. The van der Waals surface area contributed by atoms with Crippen LogP contribution in [0.4, 0.5) is 5.69 Å². The maximum Gasteiger partial charge on any atom is 0.242 e. The smallest absolute Gasteiger partial charge is 0.242 e. The van der Waals surface area contributed by atoms with Crippen LogP contribution in [-0.4, -0.2) is 25.6 Å². The van der Waals surface area contributed by atoms with E-state index in [4.69, 9.17) is 4.74 Å². The van der Waals surface area contributed by atoms with E-state index >= 15 is 0 Å². The van der Waals surface area contributed by atoms with Crippen LogP contribution in [0.1, 0.15) is 24.5 Å². The summed E-state index contributed by atoms with van der Waals surface area (Å²) < 4.78 is 5.15. The molecule has 0 radical (unpaired) electrons. The van der Waals surface area contributed by atoms with Crippen molar-refractivity contribution in [1.82, 2.24) is 5.32 Å². The maximum atomic E-state index is 12.6. The minimum absolute atomic E-state index is 0.0579. The lowest BCUT2D eigenvalue weighted by Gasteiger charge is -2.35. The van der Waals surface area contributed by atoms with Crippen molar-refractivity contribution in [2.45, 2.75) is 32.4 Å². The van der Waals surface area contributed by atoms with Crippen LogP contribution in [-0.2, 0) is 17.8 Å². The zero-order valence-corrected chi connectivity index (χ0v) is 14.3. The summed E-state index contributed by atoms with van der Waals surface area (Å²) in [5.74, 6) is 0.880. The molecule has 4 heteroatoms. The summed E-state index contributed by atoms with van der Waals surface area (Å²) in [6.07, 6.45) is 2.18. The summed E-state index contributed by atoms with van der Waals surface area (Å²) in [6.45, 7) is 3.43. The van der Waals surface area contributed by atoms with Crippen molar-refractivity contribution in [3.63, 3.8) is 0 Å². The molecule has 0 spiro atoms. The lowest BCUT2D eigenvalue weighted by atomic mass is 10.00. The third-order valence-corrected chi connectivity index (χ3v) is 4.62. The molecule has 0 fully saturated rings. The summed E-state index contributed by atoms with van der Waals surface area (Å²) in [7, 11) is 1.65. The Morgan fingerprint density at radius 2 is 1.96 bits per heavy atom. The second-order valence-corrected chi connectivity index (χ2v) is 6.17. The predicted molar refractivity (Wildman–Crippen MR) is 96.4 cm³/mol. The van der Waals surface area contributed by atoms with E-state index in [0.29, 0.717) is 6.54 Å². The Kier molecular flexibility index (Phi) is 5.04. The van der Waals surface area contributed by atoms with Crippen molar-refractivity contribution in [2.75, 3.05) is 18.6 Å². The number of carbonyl (C=O) groups is 1. The molecule has 126 valence electrons. The van der Waals surface area contributed by atoms with Gasteiger partial charge in [0, 0.05) is 18.8 Å². The van der Waals surface area contributed by atoms with Gasteiger partial charge >= 0.3 is 0 Å². The fraction of sp³-hybridized carbons (Fsp3) is 0.350. The van der Waals surface area contributed by atoms with Crippen LogP contribution in [0.25, 0.3) is 0 Å². The molecular weight excluding hydrogens is 300 g/mol. The summed E-state index contributed by atoms with van der Waals surface area (Å²) in [5.41, 5.74) is 3.59. The Hall–Kier alpha value is -2.49. The highest BCUT2D eigenvalue weighted by molar-refractivity contribution is 5.85. The number of benzene rings is 2. The third kappa shape index (κ3) is 3.53. The number of carbonyl (C=O) groups excluding carboxylic acids is 1. The Labute approximate surface area is 143 Å². The first-order valence-corrected chi connectivity index (χ1v) is 8.44. The van der Waals surface area contributed by atoms with Gasteiger partial charge in [0.1, 0.15) is 11.8 Å². The number of ether oxygens (including phenoxy) is 1. The largest absolute Gasteiger partial charge is 0.497 e. The number of rotatable bonds is 5. The van der Waals surface area contributed by atoms with Gasteiger partial charge in [-0.2, -0.15) is 0 Å². The molecule has 1 aliphatic rings. The number of fused-ring (bicyclic) bond motifs is 1. The molecule has 1 N–H and O–H groups in total. The molecule has 1 heterocycles. The number of hydrogen-bond donors (Lipinski definition) is 1. The minimum atomic E-state index is -0.176. The van der Waals surface area contributed by atoms with Gasteiger partial charge in [0.05, 0.1) is 7.11 Å². The zero-order chi connectivity index (χ0) is 16.9. The van der Waals surface area contributed by atoms with Gasteiger partial charge < -0.3 is 15.0 Å². The highest BCUT2D eigenvalue weighted by atomic mass is 16.5. The van der Waals surface area contributed by atoms with E-state index in [1.807, 2.05) is 37.3 Å². The Morgan fingerprint density at radius 1 is 1.21 bits per heavy atom. The maximum absolute atomic E-state index is 12.6. The molecule has 0 aromatic heterocycles. The number of amides is 1. The van der Waals surface area contributed by atoms with Gasteiger partial charge in [-0.25, -0.2) is 0 Å². The zero-order valence-electron chi connectivity index (χ0n) is 14.3. The van der Waals surface area contributed by atoms with Gasteiger partial charge in [0.25, 0.3) is 0 Å². The molecule has 0 aliphatic carbocycles. The average molecular weight is 324 g/mol. The molecule has 1 aliphatic heterocycles. The van der Waals surface area contributed by atoms with Crippen molar-refractivity contribution in [3.8, 4) is 5.75 Å². The summed E-state index contributed by atoms with van der Waals surface area (Å²) >= 11 is 0. The van der Waals surface area contributed by atoms with E-state index in [0.717, 1.165) is 30.7 Å². The Balaban J connectivity index is 1.62. The first-order chi connectivity index (χ1) is 11.7. The Morgan fingerprint density at radius 3 is 2.71 bits per heavy atom. The molecule has 1 unspecified atom stereocenters. The molecular formula is C20H24N2O2. The van der Waals surface area contributed by atoms with Crippen molar-refractivity contribution in [1.29, 1.82) is 0 Å². The number of para-hydroxylation sites is 1. The molecule has 24 heavy (non-hydrogen) atoms. The fourth-order valence-corrected chi connectivity index (χ4v) is 3.19. The normalized spacial score (nSPS) is 14.7. The van der Waals surface area contributed by atoms with E-state index < -0.39 is 0 Å². The highest BCUT2D eigenvalue weighted by Crippen LogP contribution is 2.28. The molecule has 1 amide bonds. The lowest BCUT2D eigenvalue weighted by molar-refractivity contribution is -0.122. The standard InChI is InChI=1S/C20H24N2O2/c1-15(22-13-5-7-17-6-3-4-8-19(17)22)20(23)21-14-16-9-11-18(24-2)12-10-16/h3-4,6,8-12,15H,5,7,13-14H2,1-2H3,(H,21,23). The molecule has 4 nitrogen and oxygen atoms in total. The second kappa shape index (κ2) is 7.39. The molecule has 0 saturated carbocycles. The first-order valence-electron chi connectivity index (χ1n) is 8.44. The van der Waals surface area contributed by atoms with Crippen molar-refractivity contribution in [2.24, 2.45) is 0 Å². The Bertz CT molecular complexity index is 697. The number of nitrogens with zero attached hydrogens (tertiary/aromatic N) is 1. The van der Waals surface area contributed by atoms with E-state index in [2.05, 4.69) is 28.4 Å². The van der Waals surface area contributed by atoms with Gasteiger partial charge in [-0.15, -0.1) is 0 Å². The van der Waals surface area contributed by atoms with E-state index in [9.17, 15) is 4.79 Å². The second-order valence-electron chi connectivity index (χ2n) is 6.17. The molecule has 2 aromatic carbocycles. The van der Waals surface area contributed by atoms with Crippen LogP contribution in [0.15, 0.2) is 48.5 Å². The highest BCUT2D eigenvalue weighted by Gasteiger charge is 2.25. The third-order valence-electron chi connectivity index (χ3n) is 4.62. The molecule has 0 saturated heterocycles. The molecule has 2 aromatic rings. The lowest BCUT2D eigenvalue weighted by Crippen LogP contribution is -2.47. The number of nitrogens with one attached hydrogen (secondary N) is 1. The van der Waals surface area contributed by atoms with Gasteiger partial charge in [-0.3, -0.25) is 4.79 Å². The first kappa shape index (κ1) is 16.4. The van der Waals surface area contributed by atoms with E-state index in [1.165, 1.54) is 11.3 Å². The van der Waals surface area contributed by atoms with Crippen molar-refractivity contribution >= 4 is 11.6 Å².